The number of pyridine rings is 1. The number of hydrogen-bond donors (Lipinski definition) is 1. The molecule has 2 aromatic carbocycles. The van der Waals surface area contributed by atoms with E-state index in [1.54, 1.807) is 7.11 Å². The van der Waals surface area contributed by atoms with Crippen molar-refractivity contribution in [1.82, 2.24) is 4.98 Å². The number of aromatic nitrogens is 1. The Morgan fingerprint density at radius 3 is 2.54 bits per heavy atom. The fourth-order valence-electron chi connectivity index (χ4n) is 2.96. The van der Waals surface area contributed by atoms with Gasteiger partial charge in [-0.1, -0.05) is 12.1 Å². The Morgan fingerprint density at radius 2 is 1.92 bits per heavy atom. The highest BCUT2D eigenvalue weighted by Gasteiger charge is 2.13. The molecule has 26 heavy (non-hydrogen) atoms. The molecule has 0 bridgehead atoms. The maximum atomic E-state index is 9.40. The highest BCUT2D eigenvalue weighted by Crippen LogP contribution is 2.33. The van der Waals surface area contributed by atoms with E-state index in [9.17, 15) is 5.26 Å². The number of fused-ring (bicyclic) bond motifs is 1. The molecule has 5 nitrogen and oxygen atoms in total. The van der Waals surface area contributed by atoms with Gasteiger partial charge in [0.2, 0.25) is 0 Å². The Labute approximate surface area is 153 Å². The number of aryl methyl sites for hydroxylation is 1. The SMILES string of the molecule is COc1ccc(CNc2c(C)cnc3c(N(C)C)cc(C#N)cc23)cc1. The summed E-state index contributed by atoms with van der Waals surface area (Å²) in [5, 5.41) is 13.9. The second-order valence-electron chi connectivity index (χ2n) is 6.42. The van der Waals surface area contributed by atoms with Gasteiger partial charge in [0, 0.05) is 37.9 Å². The zero-order valence-corrected chi connectivity index (χ0v) is 15.5. The van der Waals surface area contributed by atoms with Crippen molar-refractivity contribution in [3.05, 3.63) is 59.3 Å². The topological polar surface area (TPSA) is 61.2 Å². The largest absolute Gasteiger partial charge is 0.497 e. The number of benzene rings is 2. The van der Waals surface area contributed by atoms with Crippen LogP contribution in [0.2, 0.25) is 0 Å². The average Bonchev–Trinajstić information content (AvgIpc) is 2.66. The van der Waals surface area contributed by atoms with Crippen molar-refractivity contribution in [1.29, 1.82) is 5.26 Å². The van der Waals surface area contributed by atoms with E-state index < -0.39 is 0 Å². The summed E-state index contributed by atoms with van der Waals surface area (Å²) in [5.74, 6) is 0.841. The van der Waals surface area contributed by atoms with E-state index in [4.69, 9.17) is 4.74 Å². The summed E-state index contributed by atoms with van der Waals surface area (Å²) in [4.78, 5) is 6.59. The number of nitriles is 1. The van der Waals surface area contributed by atoms with Crippen molar-refractivity contribution < 1.29 is 4.74 Å². The molecule has 5 heteroatoms. The van der Waals surface area contributed by atoms with E-state index in [0.29, 0.717) is 12.1 Å². The predicted octanol–water partition coefficient (Wildman–Crippen LogP) is 4.10. The Kier molecular flexibility index (Phi) is 4.94. The Balaban J connectivity index is 2.02. The van der Waals surface area contributed by atoms with Crippen molar-refractivity contribution in [2.45, 2.75) is 13.5 Å². The lowest BCUT2D eigenvalue weighted by atomic mass is 10.0. The van der Waals surface area contributed by atoms with Crippen molar-refractivity contribution in [3.8, 4) is 11.8 Å². The Bertz CT molecular complexity index is 972. The first-order valence-electron chi connectivity index (χ1n) is 8.41. The molecule has 3 rings (SSSR count). The molecule has 0 saturated heterocycles. The number of hydrogen-bond acceptors (Lipinski definition) is 5. The number of ether oxygens (including phenoxy) is 1. The third-order valence-electron chi connectivity index (χ3n) is 4.38. The van der Waals surface area contributed by atoms with Crippen LogP contribution in [0.25, 0.3) is 10.9 Å². The third-order valence-corrected chi connectivity index (χ3v) is 4.38. The van der Waals surface area contributed by atoms with Gasteiger partial charge in [-0.05, 0) is 42.3 Å². The smallest absolute Gasteiger partial charge is 0.118 e. The molecule has 3 aromatic rings. The van der Waals surface area contributed by atoms with Gasteiger partial charge in [0.25, 0.3) is 0 Å². The van der Waals surface area contributed by atoms with Gasteiger partial charge in [-0.2, -0.15) is 5.26 Å². The lowest BCUT2D eigenvalue weighted by Crippen LogP contribution is -2.11. The van der Waals surface area contributed by atoms with Crippen molar-refractivity contribution in [2.24, 2.45) is 0 Å². The summed E-state index contributed by atoms with van der Waals surface area (Å²) in [6.07, 6.45) is 1.87. The fourth-order valence-corrected chi connectivity index (χ4v) is 2.96. The highest BCUT2D eigenvalue weighted by atomic mass is 16.5. The third kappa shape index (κ3) is 3.40. The van der Waals surface area contributed by atoms with Gasteiger partial charge in [-0.3, -0.25) is 4.98 Å². The van der Waals surface area contributed by atoms with Gasteiger partial charge in [-0.15, -0.1) is 0 Å². The summed E-state index contributed by atoms with van der Waals surface area (Å²) in [6, 6.07) is 14.0. The van der Waals surface area contributed by atoms with Crippen LogP contribution in [-0.2, 0) is 6.54 Å². The molecule has 0 saturated carbocycles. The van der Waals surface area contributed by atoms with E-state index >= 15 is 0 Å². The number of methoxy groups -OCH3 is 1. The van der Waals surface area contributed by atoms with Crippen LogP contribution in [0.3, 0.4) is 0 Å². The molecule has 0 atom stereocenters. The van der Waals surface area contributed by atoms with Crippen LogP contribution in [0.15, 0.2) is 42.6 Å². The molecule has 0 aliphatic rings. The Morgan fingerprint density at radius 1 is 1.19 bits per heavy atom. The zero-order chi connectivity index (χ0) is 18.7. The number of nitrogens with one attached hydrogen (secondary N) is 1. The highest BCUT2D eigenvalue weighted by molar-refractivity contribution is 6.00. The van der Waals surface area contributed by atoms with Crippen LogP contribution >= 0.6 is 0 Å². The van der Waals surface area contributed by atoms with Crippen molar-refractivity contribution >= 4 is 22.3 Å². The zero-order valence-electron chi connectivity index (χ0n) is 15.5. The van der Waals surface area contributed by atoms with Gasteiger partial charge in [0.1, 0.15) is 5.75 Å². The summed E-state index contributed by atoms with van der Waals surface area (Å²) >= 11 is 0. The molecule has 0 fully saturated rings. The summed E-state index contributed by atoms with van der Waals surface area (Å²) in [5.41, 5.74) is 5.65. The van der Waals surface area contributed by atoms with Gasteiger partial charge in [0.15, 0.2) is 0 Å². The number of rotatable bonds is 5. The lowest BCUT2D eigenvalue weighted by molar-refractivity contribution is 0.414. The van der Waals surface area contributed by atoms with Crippen LogP contribution in [0.1, 0.15) is 16.7 Å². The minimum absolute atomic E-state index is 0.626. The van der Waals surface area contributed by atoms with Gasteiger partial charge >= 0.3 is 0 Å². The van der Waals surface area contributed by atoms with Crippen molar-refractivity contribution in [3.63, 3.8) is 0 Å². The molecule has 0 unspecified atom stereocenters. The quantitative estimate of drug-likeness (QED) is 0.753. The minimum Gasteiger partial charge on any atom is -0.497 e. The molecular weight excluding hydrogens is 324 g/mol. The molecule has 132 valence electrons. The van der Waals surface area contributed by atoms with Gasteiger partial charge < -0.3 is 15.0 Å². The predicted molar refractivity (Wildman–Crippen MR) is 106 cm³/mol. The summed E-state index contributed by atoms with van der Waals surface area (Å²) in [7, 11) is 5.58. The van der Waals surface area contributed by atoms with Crippen LogP contribution in [0.4, 0.5) is 11.4 Å². The van der Waals surface area contributed by atoms with E-state index in [1.165, 1.54) is 0 Å². The lowest BCUT2D eigenvalue weighted by Gasteiger charge is -2.18. The Hall–Kier alpha value is -3.26. The normalized spacial score (nSPS) is 10.4. The van der Waals surface area contributed by atoms with Gasteiger partial charge in [-0.25, -0.2) is 0 Å². The fraction of sp³-hybridized carbons (Fsp3) is 0.238. The standard InChI is InChI=1S/C21H22N4O/c1-14-12-23-21-18(9-16(11-22)10-19(21)25(2)3)20(14)24-13-15-5-7-17(26-4)8-6-15/h5-10,12H,13H2,1-4H3,(H,23,24). The number of nitrogens with zero attached hydrogens (tertiary/aromatic N) is 3. The molecule has 0 amide bonds. The van der Waals surface area contributed by atoms with E-state index in [1.807, 2.05) is 68.5 Å². The first-order chi connectivity index (χ1) is 12.5. The minimum atomic E-state index is 0.626. The maximum absolute atomic E-state index is 9.40. The summed E-state index contributed by atoms with van der Waals surface area (Å²) < 4.78 is 5.21. The monoisotopic (exact) mass is 346 g/mol. The second-order valence-corrected chi connectivity index (χ2v) is 6.42. The maximum Gasteiger partial charge on any atom is 0.118 e. The first kappa shape index (κ1) is 17.6. The van der Waals surface area contributed by atoms with Crippen LogP contribution in [-0.4, -0.2) is 26.2 Å². The number of anilines is 2. The first-order valence-corrected chi connectivity index (χ1v) is 8.41. The molecule has 1 heterocycles. The summed E-state index contributed by atoms with van der Waals surface area (Å²) in [6.45, 7) is 2.70. The van der Waals surface area contributed by atoms with Crippen LogP contribution in [0, 0.1) is 18.3 Å². The molecule has 1 aromatic heterocycles. The molecule has 0 aliphatic heterocycles. The van der Waals surface area contributed by atoms with Crippen LogP contribution < -0.4 is 15.0 Å². The van der Waals surface area contributed by atoms with Gasteiger partial charge in [0.05, 0.1) is 29.9 Å². The average molecular weight is 346 g/mol. The molecule has 1 N–H and O–H groups in total. The molecular formula is C21H22N4O. The van der Waals surface area contributed by atoms with E-state index in [0.717, 1.165) is 39.2 Å². The molecule has 0 spiro atoms. The molecule has 0 aliphatic carbocycles. The van der Waals surface area contributed by atoms with E-state index in [-0.39, 0.29) is 0 Å². The second kappa shape index (κ2) is 7.32. The van der Waals surface area contributed by atoms with Crippen LogP contribution in [0.5, 0.6) is 5.75 Å². The molecule has 0 radical (unpaired) electrons. The van der Waals surface area contributed by atoms with E-state index in [2.05, 4.69) is 16.4 Å². The van der Waals surface area contributed by atoms with Crippen molar-refractivity contribution in [2.75, 3.05) is 31.4 Å².